The molecule has 1 aliphatic rings. The number of hydrogen-bond acceptors (Lipinski definition) is 3. The predicted octanol–water partition coefficient (Wildman–Crippen LogP) is 1.64. The highest BCUT2D eigenvalue weighted by Crippen LogP contribution is 2.16. The number of ketones is 1. The standard InChI is InChI=1S/C11H14N2O/c14-11-4-2-7-13(8-5-11)10-3-1-6-12-9-10/h1,3,6,9H,2,4-5,7-8H2. The van der Waals surface area contributed by atoms with Crippen molar-refractivity contribution in [3.63, 3.8) is 0 Å². The number of Topliss-reactive ketones (excluding diaryl/α,β-unsaturated/α-hetero) is 1. The van der Waals surface area contributed by atoms with E-state index in [1.165, 1.54) is 0 Å². The van der Waals surface area contributed by atoms with Gasteiger partial charge in [0.25, 0.3) is 0 Å². The Morgan fingerprint density at radius 3 is 3.00 bits per heavy atom. The zero-order valence-electron chi connectivity index (χ0n) is 8.15. The van der Waals surface area contributed by atoms with Crippen LogP contribution in [-0.2, 0) is 4.79 Å². The first-order chi connectivity index (χ1) is 6.86. The summed E-state index contributed by atoms with van der Waals surface area (Å²) in [5.41, 5.74) is 1.13. The van der Waals surface area contributed by atoms with Gasteiger partial charge < -0.3 is 4.90 Å². The number of aromatic nitrogens is 1. The summed E-state index contributed by atoms with van der Waals surface area (Å²) in [4.78, 5) is 17.5. The second-order valence-corrected chi connectivity index (χ2v) is 3.59. The van der Waals surface area contributed by atoms with Crippen LogP contribution in [0.2, 0.25) is 0 Å². The molecule has 0 saturated carbocycles. The Hall–Kier alpha value is -1.38. The minimum absolute atomic E-state index is 0.386. The van der Waals surface area contributed by atoms with Crippen molar-refractivity contribution < 1.29 is 4.79 Å². The Bertz CT molecular complexity index is 310. The van der Waals surface area contributed by atoms with Crippen LogP contribution in [0.25, 0.3) is 0 Å². The Balaban J connectivity index is 2.08. The molecule has 74 valence electrons. The monoisotopic (exact) mass is 190 g/mol. The molecule has 1 aromatic heterocycles. The number of pyridine rings is 1. The van der Waals surface area contributed by atoms with E-state index < -0.39 is 0 Å². The topological polar surface area (TPSA) is 33.2 Å². The predicted molar refractivity (Wildman–Crippen MR) is 55.3 cm³/mol. The highest BCUT2D eigenvalue weighted by molar-refractivity contribution is 5.79. The Kier molecular flexibility index (Phi) is 2.77. The molecule has 0 bridgehead atoms. The molecular formula is C11H14N2O. The van der Waals surface area contributed by atoms with Crippen molar-refractivity contribution in [2.45, 2.75) is 19.3 Å². The maximum Gasteiger partial charge on any atom is 0.134 e. The number of carbonyl (C=O) groups excluding carboxylic acids is 1. The van der Waals surface area contributed by atoms with Crippen molar-refractivity contribution in [2.75, 3.05) is 18.0 Å². The molecule has 3 heteroatoms. The van der Waals surface area contributed by atoms with E-state index in [4.69, 9.17) is 0 Å². The van der Waals surface area contributed by atoms with Crippen LogP contribution in [-0.4, -0.2) is 23.9 Å². The van der Waals surface area contributed by atoms with Crippen molar-refractivity contribution in [1.82, 2.24) is 4.98 Å². The summed E-state index contributed by atoms with van der Waals surface area (Å²) >= 11 is 0. The minimum atomic E-state index is 0.386. The van der Waals surface area contributed by atoms with Gasteiger partial charge in [0.2, 0.25) is 0 Å². The number of rotatable bonds is 1. The van der Waals surface area contributed by atoms with Crippen LogP contribution >= 0.6 is 0 Å². The lowest BCUT2D eigenvalue weighted by Gasteiger charge is -2.21. The van der Waals surface area contributed by atoms with Gasteiger partial charge in [-0.05, 0) is 18.6 Å². The molecule has 0 spiro atoms. The van der Waals surface area contributed by atoms with E-state index >= 15 is 0 Å². The maximum absolute atomic E-state index is 11.2. The van der Waals surface area contributed by atoms with E-state index in [0.29, 0.717) is 12.2 Å². The second-order valence-electron chi connectivity index (χ2n) is 3.59. The van der Waals surface area contributed by atoms with Gasteiger partial charge in [-0.25, -0.2) is 0 Å². The highest BCUT2D eigenvalue weighted by Gasteiger charge is 2.13. The van der Waals surface area contributed by atoms with E-state index in [1.807, 2.05) is 18.3 Å². The van der Waals surface area contributed by atoms with E-state index in [9.17, 15) is 4.79 Å². The van der Waals surface area contributed by atoms with Gasteiger partial charge in [-0.1, -0.05) is 0 Å². The molecule has 1 fully saturated rings. The number of nitrogens with zero attached hydrogens (tertiary/aromatic N) is 2. The molecule has 0 radical (unpaired) electrons. The highest BCUT2D eigenvalue weighted by atomic mass is 16.1. The van der Waals surface area contributed by atoms with Gasteiger partial charge in [-0.3, -0.25) is 9.78 Å². The summed E-state index contributed by atoms with van der Waals surface area (Å²) in [5, 5.41) is 0. The molecule has 2 rings (SSSR count). The summed E-state index contributed by atoms with van der Waals surface area (Å²) < 4.78 is 0. The first-order valence-corrected chi connectivity index (χ1v) is 5.03. The Morgan fingerprint density at radius 2 is 2.21 bits per heavy atom. The number of carbonyl (C=O) groups is 1. The van der Waals surface area contributed by atoms with E-state index in [-0.39, 0.29) is 0 Å². The first kappa shape index (κ1) is 9.19. The molecule has 0 amide bonds. The molecule has 2 heterocycles. The minimum Gasteiger partial charge on any atom is -0.370 e. The van der Waals surface area contributed by atoms with Crippen molar-refractivity contribution in [3.8, 4) is 0 Å². The molecule has 1 saturated heterocycles. The second kappa shape index (κ2) is 4.22. The SMILES string of the molecule is O=C1CCCN(c2cccnc2)CC1. The molecule has 3 nitrogen and oxygen atoms in total. The normalized spacial score (nSPS) is 18.0. The smallest absolute Gasteiger partial charge is 0.134 e. The van der Waals surface area contributed by atoms with Gasteiger partial charge in [0.1, 0.15) is 5.78 Å². The van der Waals surface area contributed by atoms with Gasteiger partial charge in [0.15, 0.2) is 0 Å². The average molecular weight is 190 g/mol. The van der Waals surface area contributed by atoms with Crippen molar-refractivity contribution in [1.29, 1.82) is 0 Å². The Morgan fingerprint density at radius 1 is 1.29 bits per heavy atom. The quantitative estimate of drug-likeness (QED) is 0.675. The number of anilines is 1. The molecule has 0 atom stereocenters. The Labute approximate surface area is 83.8 Å². The van der Waals surface area contributed by atoms with Crippen LogP contribution < -0.4 is 4.90 Å². The van der Waals surface area contributed by atoms with Crippen LogP contribution in [0.1, 0.15) is 19.3 Å². The molecule has 0 unspecified atom stereocenters. The largest absolute Gasteiger partial charge is 0.370 e. The summed E-state index contributed by atoms with van der Waals surface area (Å²) in [6.07, 6.45) is 6.00. The molecule has 1 aromatic rings. The fourth-order valence-corrected chi connectivity index (χ4v) is 1.76. The fraction of sp³-hybridized carbons (Fsp3) is 0.455. The average Bonchev–Trinajstić information content (AvgIpc) is 2.44. The molecule has 0 N–H and O–H groups in total. The van der Waals surface area contributed by atoms with Crippen LogP contribution in [0.15, 0.2) is 24.5 Å². The summed E-state index contributed by atoms with van der Waals surface area (Å²) in [6, 6.07) is 3.98. The molecule has 14 heavy (non-hydrogen) atoms. The van der Waals surface area contributed by atoms with Crippen LogP contribution in [0.5, 0.6) is 0 Å². The van der Waals surface area contributed by atoms with Gasteiger partial charge in [0.05, 0.1) is 11.9 Å². The molecule has 0 aliphatic carbocycles. The lowest BCUT2D eigenvalue weighted by atomic mass is 10.2. The molecular weight excluding hydrogens is 176 g/mol. The fourth-order valence-electron chi connectivity index (χ4n) is 1.76. The van der Waals surface area contributed by atoms with E-state index in [0.717, 1.165) is 31.6 Å². The lowest BCUT2D eigenvalue weighted by Crippen LogP contribution is -2.24. The third kappa shape index (κ3) is 2.10. The van der Waals surface area contributed by atoms with Crippen LogP contribution in [0.4, 0.5) is 5.69 Å². The zero-order chi connectivity index (χ0) is 9.80. The third-order valence-corrected chi connectivity index (χ3v) is 2.56. The van der Waals surface area contributed by atoms with E-state index in [1.54, 1.807) is 6.20 Å². The molecule has 1 aliphatic heterocycles. The summed E-state index contributed by atoms with van der Waals surface area (Å²) in [5.74, 6) is 0.386. The zero-order valence-corrected chi connectivity index (χ0v) is 8.15. The summed E-state index contributed by atoms with van der Waals surface area (Å²) in [6.45, 7) is 1.81. The van der Waals surface area contributed by atoms with Crippen molar-refractivity contribution >= 4 is 11.5 Å². The first-order valence-electron chi connectivity index (χ1n) is 5.03. The van der Waals surface area contributed by atoms with Gasteiger partial charge in [0, 0.05) is 32.1 Å². The lowest BCUT2D eigenvalue weighted by molar-refractivity contribution is -0.118. The summed E-state index contributed by atoms with van der Waals surface area (Å²) in [7, 11) is 0. The van der Waals surface area contributed by atoms with Gasteiger partial charge in [-0.15, -0.1) is 0 Å². The van der Waals surface area contributed by atoms with Gasteiger partial charge in [-0.2, -0.15) is 0 Å². The third-order valence-electron chi connectivity index (χ3n) is 2.56. The van der Waals surface area contributed by atoms with Gasteiger partial charge >= 0.3 is 0 Å². The number of hydrogen-bond donors (Lipinski definition) is 0. The molecule has 0 aromatic carbocycles. The van der Waals surface area contributed by atoms with Crippen LogP contribution in [0, 0.1) is 0 Å². The van der Waals surface area contributed by atoms with Crippen LogP contribution in [0.3, 0.4) is 0 Å². The van der Waals surface area contributed by atoms with Crippen molar-refractivity contribution in [2.24, 2.45) is 0 Å². The maximum atomic E-state index is 11.2. The van der Waals surface area contributed by atoms with Crippen molar-refractivity contribution in [3.05, 3.63) is 24.5 Å². The van der Waals surface area contributed by atoms with E-state index in [2.05, 4.69) is 9.88 Å².